The zero-order chi connectivity index (χ0) is 14.5. The molecule has 6 heteroatoms. The van der Waals surface area contributed by atoms with Gasteiger partial charge in [-0.15, -0.1) is 0 Å². The lowest BCUT2D eigenvalue weighted by molar-refractivity contribution is -0.385. The molecule has 0 heterocycles. The fraction of sp³-hybridized carbons (Fsp3) is 0.143. The zero-order valence-corrected chi connectivity index (χ0v) is 12.8. The average Bonchev–Trinajstić information content (AvgIpc) is 2.44. The van der Waals surface area contributed by atoms with Gasteiger partial charge in [0.25, 0.3) is 5.69 Å². The second-order valence-corrected chi connectivity index (χ2v) is 5.36. The third kappa shape index (κ3) is 3.49. The SMILES string of the molecule is O=[N+]([O-])c1ccccc1CCNc1cccc(Cl)c1Br. The highest BCUT2D eigenvalue weighted by Crippen LogP contribution is 2.30. The van der Waals surface area contributed by atoms with Gasteiger partial charge in [-0.3, -0.25) is 10.1 Å². The van der Waals surface area contributed by atoms with Crippen LogP contribution in [0.2, 0.25) is 5.02 Å². The molecule has 0 saturated carbocycles. The number of hydrogen-bond acceptors (Lipinski definition) is 3. The van der Waals surface area contributed by atoms with E-state index in [1.54, 1.807) is 24.3 Å². The van der Waals surface area contributed by atoms with E-state index in [0.29, 0.717) is 23.6 Å². The van der Waals surface area contributed by atoms with Crippen LogP contribution in [0.3, 0.4) is 0 Å². The molecule has 0 aliphatic heterocycles. The highest BCUT2D eigenvalue weighted by molar-refractivity contribution is 9.10. The van der Waals surface area contributed by atoms with Gasteiger partial charge in [0.1, 0.15) is 0 Å². The van der Waals surface area contributed by atoms with Gasteiger partial charge in [0.2, 0.25) is 0 Å². The number of halogens is 2. The Bertz CT molecular complexity index is 634. The highest BCUT2D eigenvalue weighted by Gasteiger charge is 2.11. The Hall–Kier alpha value is -1.59. The topological polar surface area (TPSA) is 55.2 Å². The molecule has 1 N–H and O–H groups in total. The smallest absolute Gasteiger partial charge is 0.272 e. The lowest BCUT2D eigenvalue weighted by atomic mass is 10.1. The maximum atomic E-state index is 10.9. The summed E-state index contributed by atoms with van der Waals surface area (Å²) in [5.74, 6) is 0. The molecule has 0 fully saturated rings. The minimum Gasteiger partial charge on any atom is -0.384 e. The second-order valence-electron chi connectivity index (χ2n) is 4.16. The van der Waals surface area contributed by atoms with E-state index in [1.807, 2.05) is 12.1 Å². The summed E-state index contributed by atoms with van der Waals surface area (Å²) in [6.45, 7) is 0.587. The lowest BCUT2D eigenvalue weighted by Gasteiger charge is -2.09. The van der Waals surface area contributed by atoms with E-state index in [9.17, 15) is 10.1 Å². The number of nitro benzene ring substituents is 1. The molecule has 0 spiro atoms. The summed E-state index contributed by atoms with van der Waals surface area (Å²) in [6.07, 6.45) is 0.566. The molecule has 0 bridgehead atoms. The Morgan fingerprint density at radius 3 is 2.70 bits per heavy atom. The van der Waals surface area contributed by atoms with Crippen LogP contribution in [0, 0.1) is 10.1 Å². The van der Waals surface area contributed by atoms with E-state index >= 15 is 0 Å². The van der Waals surface area contributed by atoms with Crippen molar-refractivity contribution in [1.82, 2.24) is 0 Å². The normalized spacial score (nSPS) is 10.3. The lowest BCUT2D eigenvalue weighted by Crippen LogP contribution is -2.07. The molecule has 0 atom stereocenters. The summed E-state index contributed by atoms with van der Waals surface area (Å²) in [5, 5.41) is 14.8. The quantitative estimate of drug-likeness (QED) is 0.626. The van der Waals surface area contributed by atoms with Crippen LogP contribution >= 0.6 is 27.5 Å². The maximum Gasteiger partial charge on any atom is 0.272 e. The van der Waals surface area contributed by atoms with Crippen molar-refractivity contribution >= 4 is 38.9 Å². The number of hydrogen-bond donors (Lipinski definition) is 1. The first-order chi connectivity index (χ1) is 9.59. The predicted octanol–water partition coefficient (Wildman–Crippen LogP) is 4.67. The van der Waals surface area contributed by atoms with Gasteiger partial charge in [-0.25, -0.2) is 0 Å². The minimum absolute atomic E-state index is 0.152. The van der Waals surface area contributed by atoms with Gasteiger partial charge in [0.15, 0.2) is 0 Å². The van der Waals surface area contributed by atoms with Gasteiger partial charge in [-0.1, -0.05) is 35.9 Å². The summed E-state index contributed by atoms with van der Waals surface area (Å²) in [6, 6.07) is 12.3. The first-order valence-corrected chi connectivity index (χ1v) is 7.17. The van der Waals surface area contributed by atoms with Crippen LogP contribution in [0.5, 0.6) is 0 Å². The largest absolute Gasteiger partial charge is 0.384 e. The fourth-order valence-electron chi connectivity index (χ4n) is 1.87. The predicted molar refractivity (Wildman–Crippen MR) is 84.4 cm³/mol. The Morgan fingerprint density at radius 1 is 1.20 bits per heavy atom. The molecule has 20 heavy (non-hydrogen) atoms. The van der Waals surface area contributed by atoms with E-state index in [0.717, 1.165) is 10.2 Å². The molecular formula is C14H12BrClN2O2. The van der Waals surface area contributed by atoms with Crippen molar-refractivity contribution in [2.24, 2.45) is 0 Å². The molecule has 2 aromatic carbocycles. The summed E-state index contributed by atoms with van der Waals surface area (Å²) >= 11 is 9.40. The Kier molecular flexibility index (Phi) is 4.98. The average molecular weight is 356 g/mol. The molecule has 0 amide bonds. The molecule has 0 aliphatic carbocycles. The van der Waals surface area contributed by atoms with Crippen LogP contribution in [0.15, 0.2) is 46.9 Å². The Morgan fingerprint density at radius 2 is 1.95 bits per heavy atom. The molecule has 104 valence electrons. The summed E-state index contributed by atoms with van der Waals surface area (Å²) in [5.41, 5.74) is 1.73. The van der Waals surface area contributed by atoms with Crippen LogP contribution in [0.1, 0.15) is 5.56 Å². The van der Waals surface area contributed by atoms with Gasteiger partial charge < -0.3 is 5.32 Å². The number of nitrogens with one attached hydrogen (secondary N) is 1. The molecule has 2 rings (SSSR count). The van der Waals surface area contributed by atoms with Crippen molar-refractivity contribution in [3.05, 3.63) is 67.6 Å². The van der Waals surface area contributed by atoms with Crippen LogP contribution in [0.25, 0.3) is 0 Å². The van der Waals surface area contributed by atoms with Crippen molar-refractivity contribution in [2.45, 2.75) is 6.42 Å². The summed E-state index contributed by atoms with van der Waals surface area (Å²) in [4.78, 5) is 10.6. The van der Waals surface area contributed by atoms with Crippen molar-refractivity contribution in [3.8, 4) is 0 Å². The number of para-hydroxylation sites is 1. The van der Waals surface area contributed by atoms with Crippen LogP contribution in [-0.2, 0) is 6.42 Å². The number of nitro groups is 1. The fourth-order valence-corrected chi connectivity index (χ4v) is 2.45. The van der Waals surface area contributed by atoms with E-state index in [1.165, 1.54) is 6.07 Å². The van der Waals surface area contributed by atoms with Gasteiger partial charge >= 0.3 is 0 Å². The number of rotatable bonds is 5. The van der Waals surface area contributed by atoms with Crippen molar-refractivity contribution in [1.29, 1.82) is 0 Å². The van der Waals surface area contributed by atoms with Gasteiger partial charge in [0.05, 0.1) is 14.4 Å². The summed E-state index contributed by atoms with van der Waals surface area (Å²) < 4.78 is 0.796. The van der Waals surface area contributed by atoms with Gasteiger partial charge in [0, 0.05) is 23.9 Å². The van der Waals surface area contributed by atoms with Gasteiger partial charge in [-0.2, -0.15) is 0 Å². The van der Waals surface area contributed by atoms with E-state index in [2.05, 4.69) is 21.2 Å². The molecule has 0 saturated heterocycles. The van der Waals surface area contributed by atoms with Crippen LogP contribution in [0.4, 0.5) is 11.4 Å². The molecule has 2 aromatic rings. The highest BCUT2D eigenvalue weighted by atomic mass is 79.9. The molecule has 0 aromatic heterocycles. The number of nitrogens with zero attached hydrogens (tertiary/aromatic N) is 1. The molecular weight excluding hydrogens is 344 g/mol. The summed E-state index contributed by atoms with van der Waals surface area (Å²) in [7, 11) is 0. The molecule has 0 unspecified atom stereocenters. The Balaban J connectivity index is 2.03. The van der Waals surface area contributed by atoms with Crippen molar-refractivity contribution in [2.75, 3.05) is 11.9 Å². The van der Waals surface area contributed by atoms with Crippen LogP contribution < -0.4 is 5.32 Å². The standard InChI is InChI=1S/C14H12BrClN2O2/c15-14-11(16)5-3-6-12(14)17-9-8-10-4-1-2-7-13(10)18(19)20/h1-7,17H,8-9H2. The van der Waals surface area contributed by atoms with E-state index in [-0.39, 0.29) is 10.6 Å². The zero-order valence-electron chi connectivity index (χ0n) is 10.5. The first-order valence-electron chi connectivity index (χ1n) is 6.00. The van der Waals surface area contributed by atoms with E-state index < -0.39 is 0 Å². The minimum atomic E-state index is -0.357. The first kappa shape index (κ1) is 14.8. The third-order valence-corrected chi connectivity index (χ3v) is 4.25. The maximum absolute atomic E-state index is 10.9. The van der Waals surface area contributed by atoms with Crippen molar-refractivity contribution in [3.63, 3.8) is 0 Å². The van der Waals surface area contributed by atoms with E-state index in [4.69, 9.17) is 11.6 Å². The van der Waals surface area contributed by atoms with Crippen LogP contribution in [-0.4, -0.2) is 11.5 Å². The third-order valence-electron chi connectivity index (χ3n) is 2.85. The molecule has 0 aliphatic rings. The number of benzene rings is 2. The van der Waals surface area contributed by atoms with Crippen molar-refractivity contribution < 1.29 is 4.92 Å². The van der Waals surface area contributed by atoms with Gasteiger partial charge in [-0.05, 0) is 34.5 Å². The number of anilines is 1. The second kappa shape index (κ2) is 6.72. The Labute approximate surface area is 130 Å². The molecule has 0 radical (unpaired) electrons. The molecule has 4 nitrogen and oxygen atoms in total. The monoisotopic (exact) mass is 354 g/mol.